The van der Waals surface area contributed by atoms with E-state index in [-0.39, 0.29) is 50.1 Å². The van der Waals surface area contributed by atoms with Gasteiger partial charge in [0.05, 0.1) is 60.8 Å². The fourth-order valence-corrected chi connectivity index (χ4v) is 7.02. The number of benzene rings is 2. The highest BCUT2D eigenvalue weighted by Crippen LogP contribution is 2.40. The molecule has 1 aromatic heterocycles. The predicted molar refractivity (Wildman–Crippen MR) is 211 cm³/mol. The molecule has 1 N–H and O–H groups in total. The van der Waals surface area contributed by atoms with Gasteiger partial charge in [0.15, 0.2) is 23.0 Å². The fraction of sp³-hybridized carbons (Fsp3) is 0.381. The molecule has 0 saturated carbocycles. The highest BCUT2D eigenvalue weighted by atomic mass is 16.5. The van der Waals surface area contributed by atoms with Crippen molar-refractivity contribution in [3.63, 3.8) is 0 Å². The van der Waals surface area contributed by atoms with Gasteiger partial charge in [0.2, 0.25) is 0 Å². The largest absolute Gasteiger partial charge is 0.493 e. The van der Waals surface area contributed by atoms with E-state index in [9.17, 15) is 14.4 Å². The Balaban J connectivity index is 1.23. The van der Waals surface area contributed by atoms with E-state index >= 15 is 0 Å². The summed E-state index contributed by atoms with van der Waals surface area (Å²) < 4.78 is 29.7. The molecule has 4 heterocycles. The first kappa shape index (κ1) is 39.5. The number of hydrogen-bond donors (Lipinski definition) is 1. The van der Waals surface area contributed by atoms with Gasteiger partial charge in [0, 0.05) is 56.0 Å². The van der Waals surface area contributed by atoms with Crippen molar-refractivity contribution < 1.29 is 43.2 Å². The van der Waals surface area contributed by atoms with Crippen molar-refractivity contribution in [1.29, 1.82) is 0 Å². The smallest absolute Gasteiger partial charge is 0.303 e. The van der Waals surface area contributed by atoms with Gasteiger partial charge in [-0.3, -0.25) is 29.4 Å². The van der Waals surface area contributed by atoms with E-state index in [1.807, 2.05) is 42.7 Å². The number of carbonyl (C=O) groups is 3. The lowest BCUT2D eigenvalue weighted by Crippen LogP contribution is -2.35. The van der Waals surface area contributed by atoms with Gasteiger partial charge in [-0.1, -0.05) is 23.3 Å². The number of allylic oxidation sites excluding steroid dienone is 2. The number of methoxy groups -OCH3 is 2. The number of nitrogens with zero attached hydrogens (tertiary/aromatic N) is 5. The monoisotopic (exact) mass is 765 g/mol. The van der Waals surface area contributed by atoms with Crippen LogP contribution in [0, 0.1) is 0 Å². The first-order valence-electron chi connectivity index (χ1n) is 18.5. The van der Waals surface area contributed by atoms with Crippen molar-refractivity contribution >= 4 is 42.1 Å². The van der Waals surface area contributed by atoms with Gasteiger partial charge in [-0.15, -0.1) is 0 Å². The average molecular weight is 766 g/mol. The predicted octanol–water partition coefficient (Wildman–Crippen LogP) is 6.89. The number of likely N-dealkylation sites (tertiary alicyclic amines) is 1. The zero-order valence-corrected chi connectivity index (χ0v) is 32.4. The second-order valence-corrected chi connectivity index (χ2v) is 13.8. The van der Waals surface area contributed by atoms with Crippen LogP contribution in [0.2, 0.25) is 0 Å². The van der Waals surface area contributed by atoms with Crippen LogP contribution in [0.3, 0.4) is 0 Å². The molecule has 2 saturated heterocycles. The minimum absolute atomic E-state index is 0.0138. The molecule has 2 atom stereocenters. The number of rotatable bonds is 15. The number of ether oxygens (including phenoxy) is 5. The Bertz CT molecular complexity index is 2110. The minimum Gasteiger partial charge on any atom is -0.493 e. The maximum Gasteiger partial charge on any atom is 0.303 e. The maximum atomic E-state index is 13.7. The molecule has 0 spiro atoms. The second-order valence-electron chi connectivity index (χ2n) is 13.8. The number of carboxylic acid groups (broad SMARTS) is 1. The minimum atomic E-state index is -0.914. The van der Waals surface area contributed by atoms with E-state index in [2.05, 4.69) is 16.7 Å². The van der Waals surface area contributed by atoms with Crippen molar-refractivity contribution in [2.24, 2.45) is 9.98 Å². The molecule has 294 valence electrons. The highest BCUT2D eigenvalue weighted by Gasteiger charge is 2.35. The van der Waals surface area contributed by atoms with E-state index in [4.69, 9.17) is 33.8 Å². The number of carboxylic acids is 1. The molecule has 3 aliphatic rings. The molecule has 0 bridgehead atoms. The van der Waals surface area contributed by atoms with Crippen LogP contribution in [0.1, 0.15) is 78.6 Å². The summed E-state index contributed by atoms with van der Waals surface area (Å²) in [4.78, 5) is 55.5. The lowest BCUT2D eigenvalue weighted by atomic mass is 10.1. The Labute approximate surface area is 326 Å². The van der Waals surface area contributed by atoms with Gasteiger partial charge in [0.1, 0.15) is 19.0 Å². The number of aromatic nitrogens is 1. The fourth-order valence-electron chi connectivity index (χ4n) is 7.02. The lowest BCUT2D eigenvalue weighted by molar-refractivity contribution is -0.137. The number of amides is 2. The van der Waals surface area contributed by atoms with E-state index < -0.39 is 5.97 Å². The first-order valence-corrected chi connectivity index (χ1v) is 18.5. The highest BCUT2D eigenvalue weighted by molar-refractivity contribution is 6.04. The van der Waals surface area contributed by atoms with Gasteiger partial charge < -0.3 is 38.6 Å². The third kappa shape index (κ3) is 8.69. The number of pyridine rings is 1. The standard InChI is InChI=1S/C42H47N5O9/c1-7-26-12-25(3)46(21-26)41(50)32-16-36(52-5)38(18-34(32)43-4)55-23-28-14-31(54-11-9-10-40(48)49)15-29(45-28)24-56-39-19-35-33(17-37(39)53-6)42(51)47-22-27(8-2)13-30(47)20-44-35/h7-8,14-20,25,30H,4,9-13,21-24H2,1-3,5-6H3,(H,48,49)/b26-7+,27-8+/t25-,30+/m1/s1. The molecule has 2 fully saturated rings. The number of fused-ring (bicyclic) bond motifs is 2. The van der Waals surface area contributed by atoms with Gasteiger partial charge in [0.25, 0.3) is 11.8 Å². The van der Waals surface area contributed by atoms with Crippen LogP contribution >= 0.6 is 0 Å². The molecule has 2 amide bonds. The Kier molecular flexibility index (Phi) is 12.4. The molecule has 14 nitrogen and oxygen atoms in total. The topological polar surface area (TPSA) is 162 Å². The summed E-state index contributed by atoms with van der Waals surface area (Å²) in [6, 6.07) is 9.89. The van der Waals surface area contributed by atoms with Crippen LogP contribution in [0.25, 0.3) is 0 Å². The molecule has 0 unspecified atom stereocenters. The molecule has 3 aromatic rings. The Morgan fingerprint density at radius 2 is 1.57 bits per heavy atom. The normalized spacial score (nSPS) is 18.8. The van der Waals surface area contributed by atoms with E-state index in [0.29, 0.717) is 82.1 Å². The number of hydrogen-bond acceptors (Lipinski definition) is 11. The first-order chi connectivity index (χ1) is 27.0. The third-order valence-corrected chi connectivity index (χ3v) is 10.1. The molecule has 56 heavy (non-hydrogen) atoms. The third-order valence-electron chi connectivity index (χ3n) is 10.1. The quantitative estimate of drug-likeness (QED) is 0.0980. The summed E-state index contributed by atoms with van der Waals surface area (Å²) in [6.45, 7) is 10.9. The summed E-state index contributed by atoms with van der Waals surface area (Å²) in [5, 5.41) is 9.09. The number of aliphatic carboxylic acids is 1. The van der Waals surface area contributed by atoms with Crippen molar-refractivity contribution in [3.8, 4) is 28.7 Å². The Morgan fingerprint density at radius 3 is 2.20 bits per heavy atom. The molecule has 3 aliphatic heterocycles. The summed E-state index contributed by atoms with van der Waals surface area (Å²) in [5.74, 6) is 0.626. The van der Waals surface area contributed by atoms with Crippen LogP contribution < -0.4 is 23.7 Å². The Hall–Kier alpha value is -6.18. The van der Waals surface area contributed by atoms with E-state index in [1.54, 1.807) is 42.6 Å². The number of aliphatic imine (C=N–C) groups is 2. The summed E-state index contributed by atoms with van der Waals surface area (Å²) in [6.07, 6.45) is 7.71. The SMILES string of the molecule is C=Nc1cc(OCc2cc(OCCCC(=O)O)cc(COc3cc4c(cc3OC)C(=O)N3C/C(=C/C)C[C@H]3C=N4)n2)c(OC)cc1C(=O)N1C/C(=C/C)C[C@H]1C. The van der Waals surface area contributed by atoms with Crippen molar-refractivity contribution in [2.75, 3.05) is 33.9 Å². The van der Waals surface area contributed by atoms with Gasteiger partial charge in [-0.2, -0.15) is 0 Å². The summed E-state index contributed by atoms with van der Waals surface area (Å²) in [7, 11) is 3.00. The molecule has 0 radical (unpaired) electrons. The van der Waals surface area contributed by atoms with E-state index in [1.165, 1.54) is 25.4 Å². The van der Waals surface area contributed by atoms with Crippen molar-refractivity contribution in [3.05, 3.63) is 82.2 Å². The maximum absolute atomic E-state index is 13.7. The molecular formula is C42H47N5O9. The zero-order valence-electron chi connectivity index (χ0n) is 32.4. The second kappa shape index (κ2) is 17.5. The van der Waals surface area contributed by atoms with Gasteiger partial charge in [-0.05, 0) is 58.9 Å². The summed E-state index contributed by atoms with van der Waals surface area (Å²) >= 11 is 0. The van der Waals surface area contributed by atoms with Crippen LogP contribution in [-0.2, 0) is 18.0 Å². The molecule has 0 aliphatic carbocycles. The Morgan fingerprint density at radius 1 is 0.911 bits per heavy atom. The molecule has 14 heteroatoms. The van der Waals surface area contributed by atoms with E-state index in [0.717, 1.165) is 12.8 Å². The van der Waals surface area contributed by atoms with Gasteiger partial charge in [-0.25, -0.2) is 0 Å². The molecule has 2 aromatic carbocycles. The van der Waals surface area contributed by atoms with Gasteiger partial charge >= 0.3 is 5.97 Å². The van der Waals surface area contributed by atoms with Crippen molar-refractivity contribution in [2.45, 2.75) is 71.8 Å². The average Bonchev–Trinajstić information content (AvgIpc) is 3.78. The van der Waals surface area contributed by atoms with Crippen LogP contribution in [0.4, 0.5) is 11.4 Å². The van der Waals surface area contributed by atoms with Crippen LogP contribution in [0.15, 0.2) is 69.7 Å². The lowest BCUT2D eigenvalue weighted by Gasteiger charge is -2.22. The number of carbonyl (C=O) groups excluding carboxylic acids is 2. The van der Waals surface area contributed by atoms with Crippen molar-refractivity contribution in [1.82, 2.24) is 14.8 Å². The summed E-state index contributed by atoms with van der Waals surface area (Å²) in [5.41, 5.74) is 4.96. The van der Waals surface area contributed by atoms with Crippen LogP contribution in [-0.4, -0.2) is 96.6 Å². The molecular weight excluding hydrogens is 718 g/mol. The van der Waals surface area contributed by atoms with Crippen LogP contribution in [0.5, 0.6) is 28.7 Å². The molecule has 6 rings (SSSR count). The zero-order chi connectivity index (χ0) is 39.9.